The molecule has 158 valence electrons. The highest BCUT2D eigenvalue weighted by molar-refractivity contribution is 5.91. The molecule has 2 aromatic carbocycles. The van der Waals surface area contributed by atoms with Crippen molar-refractivity contribution in [2.24, 2.45) is 17.8 Å². The number of fused-ring (bicyclic) bond motifs is 1. The number of ether oxygens (including phenoxy) is 2. The Hall–Kier alpha value is -2.69. The summed E-state index contributed by atoms with van der Waals surface area (Å²) in [5, 5.41) is 0. The molecule has 4 rings (SSSR count). The van der Waals surface area contributed by atoms with Crippen LogP contribution in [0.25, 0.3) is 11.1 Å². The molecule has 3 unspecified atom stereocenters. The van der Waals surface area contributed by atoms with Gasteiger partial charge in [0.1, 0.15) is 5.75 Å². The molecule has 0 aliphatic heterocycles. The van der Waals surface area contributed by atoms with Gasteiger partial charge in [-0.3, -0.25) is 0 Å². The second-order valence-corrected chi connectivity index (χ2v) is 8.15. The maximum absolute atomic E-state index is 14.3. The van der Waals surface area contributed by atoms with E-state index in [9.17, 15) is 13.6 Å². The summed E-state index contributed by atoms with van der Waals surface area (Å²) in [5.74, 6) is -0.443. The van der Waals surface area contributed by atoms with Crippen LogP contribution in [0.5, 0.6) is 11.5 Å². The SMILES string of the molecule is CCCC1CCC2C(C(=O)Oc3ccc(-c4ccc(OC)c(F)c4F)cc3)=CCC12. The summed E-state index contributed by atoms with van der Waals surface area (Å²) in [6.45, 7) is 2.21. The number of esters is 1. The van der Waals surface area contributed by atoms with Gasteiger partial charge in [-0.05, 0) is 66.8 Å². The van der Waals surface area contributed by atoms with Crippen molar-refractivity contribution in [3.05, 3.63) is 59.7 Å². The van der Waals surface area contributed by atoms with Gasteiger partial charge in [0.15, 0.2) is 11.6 Å². The number of rotatable bonds is 6. The molecule has 2 aromatic rings. The molecule has 5 heteroatoms. The number of allylic oxidation sites excluding steroid dienone is 1. The van der Waals surface area contributed by atoms with E-state index in [0.29, 0.717) is 29.1 Å². The van der Waals surface area contributed by atoms with Crippen LogP contribution < -0.4 is 9.47 Å². The first-order valence-corrected chi connectivity index (χ1v) is 10.6. The van der Waals surface area contributed by atoms with Crippen LogP contribution in [0.15, 0.2) is 48.0 Å². The molecule has 2 aliphatic rings. The summed E-state index contributed by atoms with van der Waals surface area (Å²) in [5.41, 5.74) is 1.42. The minimum atomic E-state index is -1.02. The lowest BCUT2D eigenvalue weighted by atomic mass is 9.87. The molecule has 1 saturated carbocycles. The van der Waals surface area contributed by atoms with Crippen molar-refractivity contribution in [3.8, 4) is 22.6 Å². The maximum Gasteiger partial charge on any atom is 0.339 e. The lowest BCUT2D eigenvalue weighted by Gasteiger charge is -2.19. The van der Waals surface area contributed by atoms with Crippen molar-refractivity contribution in [2.75, 3.05) is 7.11 Å². The van der Waals surface area contributed by atoms with Gasteiger partial charge in [0, 0.05) is 11.1 Å². The summed E-state index contributed by atoms with van der Waals surface area (Å²) in [6.07, 6.45) is 7.65. The number of hydrogen-bond acceptors (Lipinski definition) is 3. The van der Waals surface area contributed by atoms with Gasteiger partial charge in [-0.2, -0.15) is 4.39 Å². The first-order valence-electron chi connectivity index (χ1n) is 10.6. The molecule has 0 amide bonds. The van der Waals surface area contributed by atoms with E-state index < -0.39 is 11.6 Å². The van der Waals surface area contributed by atoms with E-state index in [1.165, 1.54) is 38.5 Å². The summed E-state index contributed by atoms with van der Waals surface area (Å²) >= 11 is 0. The predicted octanol–water partition coefficient (Wildman–Crippen LogP) is 6.32. The fourth-order valence-corrected chi connectivity index (χ4v) is 5.05. The molecule has 0 aromatic heterocycles. The Bertz CT molecular complexity index is 965. The van der Waals surface area contributed by atoms with Gasteiger partial charge in [0.2, 0.25) is 5.82 Å². The number of hydrogen-bond donors (Lipinski definition) is 0. The van der Waals surface area contributed by atoms with Gasteiger partial charge in [-0.1, -0.05) is 38.0 Å². The smallest absolute Gasteiger partial charge is 0.339 e. The summed E-state index contributed by atoms with van der Waals surface area (Å²) in [4.78, 5) is 12.7. The lowest BCUT2D eigenvalue weighted by molar-refractivity contribution is -0.130. The fourth-order valence-electron chi connectivity index (χ4n) is 5.05. The lowest BCUT2D eigenvalue weighted by Crippen LogP contribution is -2.18. The van der Waals surface area contributed by atoms with Gasteiger partial charge in [-0.15, -0.1) is 0 Å². The van der Waals surface area contributed by atoms with Crippen LogP contribution in [0.3, 0.4) is 0 Å². The third-order valence-electron chi connectivity index (χ3n) is 6.52. The topological polar surface area (TPSA) is 35.5 Å². The largest absolute Gasteiger partial charge is 0.494 e. The van der Waals surface area contributed by atoms with Crippen LogP contribution in [-0.4, -0.2) is 13.1 Å². The fraction of sp³-hybridized carbons (Fsp3) is 0.400. The summed E-state index contributed by atoms with van der Waals surface area (Å²) in [7, 11) is 1.29. The summed E-state index contributed by atoms with van der Waals surface area (Å²) < 4.78 is 38.7. The Morgan fingerprint density at radius 3 is 2.53 bits per heavy atom. The van der Waals surface area contributed by atoms with Gasteiger partial charge in [0.25, 0.3) is 0 Å². The van der Waals surface area contributed by atoms with E-state index in [1.54, 1.807) is 24.3 Å². The first kappa shape index (κ1) is 20.6. The third kappa shape index (κ3) is 3.73. The number of benzene rings is 2. The molecule has 0 saturated heterocycles. The average Bonchev–Trinajstić information content (AvgIpc) is 3.34. The highest BCUT2D eigenvalue weighted by Gasteiger charge is 2.42. The van der Waals surface area contributed by atoms with Crippen molar-refractivity contribution in [1.82, 2.24) is 0 Å². The van der Waals surface area contributed by atoms with Crippen molar-refractivity contribution in [1.29, 1.82) is 0 Å². The van der Waals surface area contributed by atoms with E-state index in [-0.39, 0.29) is 17.3 Å². The van der Waals surface area contributed by atoms with Gasteiger partial charge in [-0.25, -0.2) is 9.18 Å². The zero-order valence-electron chi connectivity index (χ0n) is 17.3. The Morgan fingerprint density at radius 2 is 1.83 bits per heavy atom. The Labute approximate surface area is 175 Å². The predicted molar refractivity (Wildman–Crippen MR) is 111 cm³/mol. The molecule has 0 bridgehead atoms. The molecule has 0 heterocycles. The molecular formula is C25H26F2O3. The van der Waals surface area contributed by atoms with E-state index in [2.05, 4.69) is 6.92 Å². The van der Waals surface area contributed by atoms with Crippen LogP contribution >= 0.6 is 0 Å². The monoisotopic (exact) mass is 412 g/mol. The van der Waals surface area contributed by atoms with Crippen molar-refractivity contribution in [3.63, 3.8) is 0 Å². The summed E-state index contributed by atoms with van der Waals surface area (Å²) in [6, 6.07) is 9.30. The standard InChI is InChI=1S/C25H26F2O3/c1-3-4-15-7-10-20-18(15)11-12-21(20)25(28)30-17-8-5-16(6-9-17)19-13-14-22(29-2)24(27)23(19)26/h5-6,8-9,12-15,18,20H,3-4,7,10-11H2,1-2H3. The van der Waals surface area contributed by atoms with Crippen LogP contribution in [0.1, 0.15) is 39.0 Å². The third-order valence-corrected chi connectivity index (χ3v) is 6.52. The quantitative estimate of drug-likeness (QED) is 0.411. The molecule has 30 heavy (non-hydrogen) atoms. The van der Waals surface area contributed by atoms with E-state index in [1.807, 2.05) is 6.08 Å². The highest BCUT2D eigenvalue weighted by Crippen LogP contribution is 2.49. The molecule has 0 radical (unpaired) electrons. The zero-order chi connectivity index (χ0) is 21.3. The van der Waals surface area contributed by atoms with Crippen molar-refractivity contribution < 1.29 is 23.0 Å². The Balaban J connectivity index is 1.45. The maximum atomic E-state index is 14.3. The van der Waals surface area contributed by atoms with Crippen molar-refractivity contribution in [2.45, 2.75) is 39.0 Å². The van der Waals surface area contributed by atoms with Gasteiger partial charge < -0.3 is 9.47 Å². The molecule has 2 aliphatic carbocycles. The van der Waals surface area contributed by atoms with Crippen LogP contribution in [0.2, 0.25) is 0 Å². The minimum Gasteiger partial charge on any atom is -0.494 e. The number of halogens is 2. The highest BCUT2D eigenvalue weighted by atomic mass is 19.2. The number of methoxy groups -OCH3 is 1. The number of carbonyl (C=O) groups excluding carboxylic acids is 1. The second-order valence-electron chi connectivity index (χ2n) is 8.15. The molecule has 0 N–H and O–H groups in total. The minimum absolute atomic E-state index is 0.125. The van der Waals surface area contributed by atoms with Crippen LogP contribution in [-0.2, 0) is 4.79 Å². The molecule has 0 spiro atoms. The Kier molecular flexibility index (Phi) is 5.89. The molecular weight excluding hydrogens is 386 g/mol. The second kappa shape index (κ2) is 8.58. The molecule has 3 nitrogen and oxygen atoms in total. The van der Waals surface area contributed by atoms with Gasteiger partial charge in [0.05, 0.1) is 7.11 Å². The van der Waals surface area contributed by atoms with E-state index in [4.69, 9.17) is 9.47 Å². The molecule has 1 fully saturated rings. The van der Waals surface area contributed by atoms with E-state index >= 15 is 0 Å². The van der Waals surface area contributed by atoms with Crippen molar-refractivity contribution >= 4 is 5.97 Å². The number of carbonyl (C=O) groups is 1. The van der Waals surface area contributed by atoms with Crippen LogP contribution in [0.4, 0.5) is 8.78 Å². The normalized spacial score (nSPS) is 22.5. The van der Waals surface area contributed by atoms with Crippen LogP contribution in [0, 0.1) is 29.4 Å². The molecule has 3 atom stereocenters. The first-order chi connectivity index (χ1) is 14.5. The van der Waals surface area contributed by atoms with Gasteiger partial charge >= 0.3 is 5.97 Å². The Morgan fingerprint density at radius 1 is 1.07 bits per heavy atom. The zero-order valence-corrected chi connectivity index (χ0v) is 17.3. The van der Waals surface area contributed by atoms with E-state index in [0.717, 1.165) is 18.4 Å². The average molecular weight is 412 g/mol.